The summed E-state index contributed by atoms with van der Waals surface area (Å²) in [6.45, 7) is 6.33. The summed E-state index contributed by atoms with van der Waals surface area (Å²) in [5, 5.41) is 0. The van der Waals surface area contributed by atoms with Crippen molar-refractivity contribution in [2.45, 2.75) is 36.7 Å². The van der Waals surface area contributed by atoms with E-state index in [4.69, 9.17) is 0 Å². The third-order valence-corrected chi connectivity index (χ3v) is 5.14. The number of halogens is 3. The zero-order valence-electron chi connectivity index (χ0n) is 14.7. The maximum Gasteiger partial charge on any atom is 0.418 e. The van der Waals surface area contributed by atoms with Crippen molar-refractivity contribution in [3.05, 3.63) is 53.1 Å². The van der Waals surface area contributed by atoms with Crippen molar-refractivity contribution in [3.63, 3.8) is 0 Å². The molecular weight excluding hydrogens is 345 g/mol. The lowest BCUT2D eigenvalue weighted by molar-refractivity contribution is -0.137. The first-order chi connectivity index (χ1) is 11.7. The van der Waals surface area contributed by atoms with Crippen LogP contribution in [0.15, 0.2) is 51.2 Å². The van der Waals surface area contributed by atoms with Crippen molar-refractivity contribution >= 4 is 23.8 Å². The summed E-state index contributed by atoms with van der Waals surface area (Å²) in [5.41, 5.74) is 1.04. The van der Waals surface area contributed by atoms with Gasteiger partial charge in [0.15, 0.2) is 0 Å². The Morgan fingerprint density at radius 2 is 1.76 bits per heavy atom. The molecule has 25 heavy (non-hydrogen) atoms. The molecule has 6 heteroatoms. The topological polar surface area (TPSA) is 15.6 Å². The molecular formula is C19H21F3N2S. The molecule has 0 saturated carbocycles. The molecule has 0 aliphatic carbocycles. The lowest BCUT2D eigenvalue weighted by atomic mass is 10.1. The fourth-order valence-corrected chi connectivity index (χ4v) is 3.16. The molecule has 2 rings (SSSR count). The van der Waals surface area contributed by atoms with Gasteiger partial charge in [-0.05, 0) is 50.1 Å². The Kier molecular flexibility index (Phi) is 6.16. The molecule has 0 aliphatic heterocycles. The van der Waals surface area contributed by atoms with Gasteiger partial charge in [-0.15, -0.1) is 0 Å². The molecule has 2 nitrogen and oxygen atoms in total. The van der Waals surface area contributed by atoms with Gasteiger partial charge in [0.25, 0.3) is 0 Å². The quantitative estimate of drug-likeness (QED) is 0.470. The van der Waals surface area contributed by atoms with E-state index in [1.807, 2.05) is 45.0 Å². The zero-order valence-corrected chi connectivity index (χ0v) is 15.5. The maximum atomic E-state index is 13.5. The zero-order chi connectivity index (χ0) is 18.6. The van der Waals surface area contributed by atoms with Gasteiger partial charge >= 0.3 is 6.18 Å². The van der Waals surface area contributed by atoms with Crippen LogP contribution in [0.1, 0.15) is 23.6 Å². The molecule has 0 amide bonds. The highest BCUT2D eigenvalue weighted by Crippen LogP contribution is 2.42. The van der Waals surface area contributed by atoms with Crippen LogP contribution >= 0.6 is 11.8 Å². The molecule has 0 radical (unpaired) electrons. The van der Waals surface area contributed by atoms with Gasteiger partial charge in [-0.25, -0.2) is 4.99 Å². The summed E-state index contributed by atoms with van der Waals surface area (Å²) < 4.78 is 40.5. The second-order valence-electron chi connectivity index (χ2n) is 5.82. The maximum absolute atomic E-state index is 13.5. The van der Waals surface area contributed by atoms with Crippen LogP contribution in [-0.4, -0.2) is 24.8 Å². The minimum atomic E-state index is -4.45. The van der Waals surface area contributed by atoms with Gasteiger partial charge in [-0.2, -0.15) is 13.2 Å². The van der Waals surface area contributed by atoms with Crippen LogP contribution in [0.2, 0.25) is 0 Å². The number of alkyl halides is 3. The van der Waals surface area contributed by atoms with E-state index in [1.54, 1.807) is 11.9 Å². The van der Waals surface area contributed by atoms with Crippen molar-refractivity contribution in [1.82, 2.24) is 4.90 Å². The van der Waals surface area contributed by atoms with Gasteiger partial charge in [0, 0.05) is 23.4 Å². The van der Waals surface area contributed by atoms with E-state index in [9.17, 15) is 13.2 Å². The normalized spacial score (nSPS) is 12.0. The van der Waals surface area contributed by atoms with Crippen LogP contribution in [0.25, 0.3) is 0 Å². The van der Waals surface area contributed by atoms with Crippen molar-refractivity contribution in [2.24, 2.45) is 4.99 Å². The molecule has 0 saturated heterocycles. The number of benzene rings is 2. The number of aliphatic imine (C=N–C) groups is 1. The predicted octanol–water partition coefficient (Wildman–Crippen LogP) is 6.08. The Morgan fingerprint density at radius 1 is 1.08 bits per heavy atom. The fourth-order valence-electron chi connectivity index (χ4n) is 2.15. The molecule has 0 fully saturated rings. The third-order valence-electron chi connectivity index (χ3n) is 3.80. The van der Waals surface area contributed by atoms with E-state index in [1.165, 1.54) is 30.2 Å². The first-order valence-corrected chi connectivity index (χ1v) is 8.73. The van der Waals surface area contributed by atoms with Gasteiger partial charge in [0.2, 0.25) is 0 Å². The second-order valence-corrected chi connectivity index (χ2v) is 6.90. The molecule has 0 N–H and O–H groups in total. The SMILES string of the molecule is CCN(C)C=Nc1cc(C)c(Sc2ccccc2C)cc1C(F)(F)F. The first-order valence-electron chi connectivity index (χ1n) is 7.92. The second kappa shape index (κ2) is 7.95. The number of rotatable bonds is 5. The van der Waals surface area contributed by atoms with Gasteiger partial charge in [0.05, 0.1) is 17.6 Å². The van der Waals surface area contributed by atoms with E-state index in [-0.39, 0.29) is 5.69 Å². The van der Waals surface area contributed by atoms with Crippen molar-refractivity contribution in [1.29, 1.82) is 0 Å². The number of hydrogen-bond donors (Lipinski definition) is 0. The van der Waals surface area contributed by atoms with Crippen molar-refractivity contribution in [2.75, 3.05) is 13.6 Å². The third kappa shape index (κ3) is 5.01. The average Bonchev–Trinajstić information content (AvgIpc) is 2.55. The van der Waals surface area contributed by atoms with Crippen LogP contribution in [0.3, 0.4) is 0 Å². The minimum Gasteiger partial charge on any atom is -0.366 e. The number of nitrogens with zero attached hydrogens (tertiary/aromatic N) is 2. The summed E-state index contributed by atoms with van der Waals surface area (Å²) >= 11 is 1.35. The van der Waals surface area contributed by atoms with Crippen LogP contribution in [0.5, 0.6) is 0 Å². The van der Waals surface area contributed by atoms with Crippen LogP contribution in [-0.2, 0) is 6.18 Å². The van der Waals surface area contributed by atoms with Crippen LogP contribution < -0.4 is 0 Å². The smallest absolute Gasteiger partial charge is 0.366 e. The van der Waals surface area contributed by atoms with Gasteiger partial charge in [-0.3, -0.25) is 0 Å². The Labute approximate surface area is 150 Å². The minimum absolute atomic E-state index is 0.0561. The Balaban J connectivity index is 2.47. The summed E-state index contributed by atoms with van der Waals surface area (Å²) in [6, 6.07) is 10.4. The molecule has 2 aromatic rings. The van der Waals surface area contributed by atoms with E-state index in [0.717, 1.165) is 16.0 Å². The van der Waals surface area contributed by atoms with E-state index < -0.39 is 11.7 Å². The van der Waals surface area contributed by atoms with Crippen LogP contribution in [0.4, 0.5) is 18.9 Å². The highest BCUT2D eigenvalue weighted by atomic mass is 32.2. The van der Waals surface area contributed by atoms with Crippen LogP contribution in [0, 0.1) is 13.8 Å². The summed E-state index contributed by atoms with van der Waals surface area (Å²) in [6.07, 6.45) is -3.02. The standard InChI is InChI=1S/C19H21F3N2S/c1-5-24(4)12-23-16-10-14(3)18(11-15(16)19(20,21)22)25-17-9-7-6-8-13(17)2/h6-12H,5H2,1-4H3. The monoisotopic (exact) mass is 366 g/mol. The largest absolute Gasteiger partial charge is 0.418 e. The summed E-state index contributed by atoms with van der Waals surface area (Å²) in [7, 11) is 1.77. The van der Waals surface area contributed by atoms with Crippen molar-refractivity contribution < 1.29 is 13.2 Å². The molecule has 0 atom stereocenters. The molecule has 134 valence electrons. The molecule has 0 aliphatic rings. The molecule has 2 aromatic carbocycles. The van der Waals surface area contributed by atoms with E-state index in [2.05, 4.69) is 4.99 Å². The highest BCUT2D eigenvalue weighted by Gasteiger charge is 2.34. The van der Waals surface area contributed by atoms with Crippen molar-refractivity contribution in [3.8, 4) is 0 Å². The lowest BCUT2D eigenvalue weighted by Crippen LogP contribution is -2.14. The predicted molar refractivity (Wildman–Crippen MR) is 97.9 cm³/mol. The number of aryl methyl sites for hydroxylation is 2. The molecule has 0 heterocycles. The van der Waals surface area contributed by atoms with E-state index in [0.29, 0.717) is 11.4 Å². The molecule has 0 bridgehead atoms. The lowest BCUT2D eigenvalue weighted by Gasteiger charge is -2.16. The van der Waals surface area contributed by atoms with Gasteiger partial charge in [-0.1, -0.05) is 30.0 Å². The molecule has 0 spiro atoms. The van der Waals surface area contributed by atoms with Gasteiger partial charge in [0.1, 0.15) is 0 Å². The Hall–Kier alpha value is -1.95. The number of hydrogen-bond acceptors (Lipinski definition) is 2. The summed E-state index contributed by atoms with van der Waals surface area (Å²) in [4.78, 5) is 7.30. The summed E-state index contributed by atoms with van der Waals surface area (Å²) in [5.74, 6) is 0. The Morgan fingerprint density at radius 3 is 2.36 bits per heavy atom. The Bertz CT molecular complexity index is 770. The highest BCUT2D eigenvalue weighted by molar-refractivity contribution is 7.99. The first kappa shape index (κ1) is 19.4. The van der Waals surface area contributed by atoms with E-state index >= 15 is 0 Å². The molecule has 0 aromatic heterocycles. The fraction of sp³-hybridized carbons (Fsp3) is 0.316. The average molecular weight is 366 g/mol. The van der Waals surface area contributed by atoms with Gasteiger partial charge < -0.3 is 4.90 Å². The molecule has 0 unspecified atom stereocenters.